The van der Waals surface area contributed by atoms with Gasteiger partial charge in [0.05, 0.1) is 33.6 Å². The van der Waals surface area contributed by atoms with Gasteiger partial charge in [-0.2, -0.15) is 0 Å². The van der Waals surface area contributed by atoms with Crippen LogP contribution in [-0.4, -0.2) is 26.5 Å². The molecular weight excluding hydrogens is 332 g/mol. The summed E-state index contributed by atoms with van der Waals surface area (Å²) in [6.45, 7) is 4.66. The third-order valence-electron chi connectivity index (χ3n) is 4.54. The molecular formula is C19H16N4OS. The van der Waals surface area contributed by atoms with Crippen molar-refractivity contribution in [1.82, 2.24) is 19.4 Å². The number of aromatic nitrogens is 4. The van der Waals surface area contributed by atoms with E-state index in [1.54, 1.807) is 18.4 Å². The highest BCUT2D eigenvalue weighted by molar-refractivity contribution is 7.26. The first kappa shape index (κ1) is 14.7. The maximum Gasteiger partial charge on any atom is 0.159 e. The molecule has 5 rings (SSSR count). The van der Waals surface area contributed by atoms with Crippen LogP contribution in [0.4, 0.5) is 0 Å². The smallest absolute Gasteiger partial charge is 0.159 e. The van der Waals surface area contributed by atoms with Gasteiger partial charge in [0.1, 0.15) is 10.7 Å². The van der Waals surface area contributed by atoms with Crippen LogP contribution in [0.15, 0.2) is 30.3 Å². The minimum absolute atomic E-state index is 0.514. The fraction of sp³-hybridized carbons (Fsp3) is 0.211. The molecule has 0 bridgehead atoms. The van der Waals surface area contributed by atoms with Crippen LogP contribution in [0.25, 0.3) is 37.1 Å². The van der Waals surface area contributed by atoms with E-state index in [0.29, 0.717) is 6.61 Å². The lowest BCUT2D eigenvalue weighted by molar-refractivity contribution is 0.182. The zero-order valence-corrected chi connectivity index (χ0v) is 15.0. The van der Waals surface area contributed by atoms with Crippen LogP contribution < -0.4 is 0 Å². The van der Waals surface area contributed by atoms with Crippen molar-refractivity contribution in [2.45, 2.75) is 20.5 Å². The molecule has 0 unspecified atom stereocenters. The number of imidazole rings is 1. The zero-order chi connectivity index (χ0) is 17.1. The highest BCUT2D eigenvalue weighted by Crippen LogP contribution is 2.37. The summed E-state index contributed by atoms with van der Waals surface area (Å²) in [6, 6.07) is 10.3. The molecule has 0 aliphatic rings. The largest absolute Gasteiger partial charge is 0.378 e. The highest BCUT2D eigenvalue weighted by atomic mass is 32.1. The molecule has 0 aliphatic heterocycles. The van der Waals surface area contributed by atoms with E-state index in [1.165, 1.54) is 5.56 Å². The van der Waals surface area contributed by atoms with E-state index in [2.05, 4.69) is 23.5 Å². The molecule has 0 spiro atoms. The third kappa shape index (κ3) is 2.01. The van der Waals surface area contributed by atoms with Crippen molar-refractivity contribution >= 4 is 48.5 Å². The van der Waals surface area contributed by atoms with E-state index < -0.39 is 0 Å². The van der Waals surface area contributed by atoms with Crippen molar-refractivity contribution < 1.29 is 4.74 Å². The first-order valence-corrected chi connectivity index (χ1v) is 8.94. The average Bonchev–Trinajstić information content (AvgIpc) is 3.14. The highest BCUT2D eigenvalue weighted by Gasteiger charge is 2.18. The van der Waals surface area contributed by atoms with Crippen LogP contribution in [0.3, 0.4) is 0 Å². The van der Waals surface area contributed by atoms with Gasteiger partial charge in [-0.15, -0.1) is 11.3 Å². The summed E-state index contributed by atoms with van der Waals surface area (Å²) in [4.78, 5) is 15.5. The van der Waals surface area contributed by atoms with Gasteiger partial charge in [-0.3, -0.25) is 4.40 Å². The van der Waals surface area contributed by atoms with E-state index in [-0.39, 0.29) is 0 Å². The number of rotatable bonds is 2. The first-order valence-electron chi connectivity index (χ1n) is 8.13. The molecule has 4 heterocycles. The Labute approximate surface area is 147 Å². The number of aryl methyl sites for hydroxylation is 2. The van der Waals surface area contributed by atoms with Gasteiger partial charge in [-0.05, 0) is 37.6 Å². The van der Waals surface area contributed by atoms with Crippen molar-refractivity contribution in [3.63, 3.8) is 0 Å². The first-order chi connectivity index (χ1) is 12.2. The summed E-state index contributed by atoms with van der Waals surface area (Å²) in [5.74, 6) is 0.941. The lowest BCUT2D eigenvalue weighted by Gasteiger charge is -2.04. The van der Waals surface area contributed by atoms with Crippen LogP contribution in [0.1, 0.15) is 17.1 Å². The van der Waals surface area contributed by atoms with Crippen LogP contribution >= 0.6 is 11.3 Å². The number of nitrogens with zero attached hydrogens (tertiary/aromatic N) is 4. The molecule has 0 fully saturated rings. The van der Waals surface area contributed by atoms with E-state index in [0.717, 1.165) is 48.6 Å². The van der Waals surface area contributed by atoms with Gasteiger partial charge in [0.25, 0.3) is 0 Å². The maximum absolute atomic E-state index is 5.25. The van der Waals surface area contributed by atoms with E-state index >= 15 is 0 Å². The van der Waals surface area contributed by atoms with E-state index in [1.807, 2.05) is 25.1 Å². The van der Waals surface area contributed by atoms with Gasteiger partial charge in [-0.1, -0.05) is 12.1 Å². The number of thiophene rings is 1. The van der Waals surface area contributed by atoms with Gasteiger partial charge in [0, 0.05) is 12.5 Å². The van der Waals surface area contributed by atoms with Crippen LogP contribution in [0.2, 0.25) is 0 Å². The molecule has 0 aliphatic carbocycles. The van der Waals surface area contributed by atoms with Crippen molar-refractivity contribution in [3.05, 3.63) is 47.4 Å². The Morgan fingerprint density at radius 2 is 1.96 bits per heavy atom. The lowest BCUT2D eigenvalue weighted by atomic mass is 10.1. The molecule has 124 valence electrons. The number of pyridine rings is 1. The molecule has 5 nitrogen and oxygen atoms in total. The summed E-state index contributed by atoms with van der Waals surface area (Å²) in [7, 11) is 1.69. The summed E-state index contributed by atoms with van der Waals surface area (Å²) in [5.41, 5.74) is 6.15. The Kier molecular flexibility index (Phi) is 3.07. The lowest BCUT2D eigenvalue weighted by Crippen LogP contribution is -1.96. The minimum atomic E-state index is 0.514. The second-order valence-corrected chi connectivity index (χ2v) is 7.24. The van der Waals surface area contributed by atoms with Gasteiger partial charge >= 0.3 is 0 Å². The van der Waals surface area contributed by atoms with Gasteiger partial charge in [-0.25, -0.2) is 15.0 Å². The number of para-hydroxylation sites is 2. The summed E-state index contributed by atoms with van der Waals surface area (Å²) in [6.07, 6.45) is 0. The van der Waals surface area contributed by atoms with Gasteiger partial charge in [0.15, 0.2) is 5.65 Å². The fourth-order valence-corrected chi connectivity index (χ4v) is 4.72. The van der Waals surface area contributed by atoms with E-state index in [9.17, 15) is 0 Å². The third-order valence-corrected chi connectivity index (χ3v) is 5.61. The van der Waals surface area contributed by atoms with Crippen molar-refractivity contribution in [2.24, 2.45) is 0 Å². The number of hydrogen-bond acceptors (Lipinski definition) is 5. The summed E-state index contributed by atoms with van der Waals surface area (Å²) >= 11 is 1.66. The number of ether oxygens (including phenoxy) is 1. The molecule has 5 aromatic rings. The maximum atomic E-state index is 5.25. The zero-order valence-electron chi connectivity index (χ0n) is 14.2. The summed E-state index contributed by atoms with van der Waals surface area (Å²) in [5, 5.41) is 1.12. The Hall–Kier alpha value is -2.57. The van der Waals surface area contributed by atoms with Crippen molar-refractivity contribution in [2.75, 3.05) is 7.11 Å². The normalized spacial score (nSPS) is 12.1. The fourth-order valence-electron chi connectivity index (χ4n) is 3.53. The van der Waals surface area contributed by atoms with Crippen LogP contribution in [0, 0.1) is 13.8 Å². The van der Waals surface area contributed by atoms with Gasteiger partial charge < -0.3 is 4.74 Å². The average molecular weight is 348 g/mol. The van der Waals surface area contributed by atoms with Crippen LogP contribution in [-0.2, 0) is 11.3 Å². The molecule has 25 heavy (non-hydrogen) atoms. The van der Waals surface area contributed by atoms with Gasteiger partial charge in [0.2, 0.25) is 0 Å². The Balaban J connectivity index is 1.97. The topological polar surface area (TPSA) is 52.3 Å². The minimum Gasteiger partial charge on any atom is -0.378 e. The SMILES string of the molecule is COCc1cc(C)c2c(n1)sc1c2nc(C)n2c3ccccc3nc12. The quantitative estimate of drug-likeness (QED) is 0.474. The molecule has 0 atom stereocenters. The van der Waals surface area contributed by atoms with Crippen LogP contribution in [0.5, 0.6) is 0 Å². The predicted molar refractivity (Wildman–Crippen MR) is 101 cm³/mol. The molecule has 0 amide bonds. The molecule has 0 saturated carbocycles. The molecule has 1 aromatic carbocycles. The number of fused-ring (bicyclic) bond motifs is 7. The molecule has 4 aromatic heterocycles. The standard InChI is InChI=1S/C19H16N4OS/c1-10-8-12(9-24-3)21-19-15(10)16-17(25-19)18-22-13-6-4-5-7-14(13)23(18)11(2)20-16/h4-8H,9H2,1-3H3. The monoisotopic (exact) mass is 348 g/mol. The Bertz CT molecular complexity index is 1290. The Morgan fingerprint density at radius 3 is 2.80 bits per heavy atom. The second kappa shape index (κ2) is 5.21. The molecule has 0 radical (unpaired) electrons. The number of benzene rings is 1. The van der Waals surface area contributed by atoms with E-state index in [4.69, 9.17) is 19.7 Å². The van der Waals surface area contributed by atoms with Crippen molar-refractivity contribution in [3.8, 4) is 0 Å². The Morgan fingerprint density at radius 1 is 1.12 bits per heavy atom. The second-order valence-electron chi connectivity index (χ2n) is 6.24. The van der Waals surface area contributed by atoms with Crippen molar-refractivity contribution in [1.29, 1.82) is 0 Å². The predicted octanol–water partition coefficient (Wildman–Crippen LogP) is 4.41. The number of methoxy groups -OCH3 is 1. The number of hydrogen-bond donors (Lipinski definition) is 0. The summed E-state index contributed by atoms with van der Waals surface area (Å²) < 4.78 is 8.47. The molecule has 0 saturated heterocycles. The molecule has 6 heteroatoms. The molecule has 0 N–H and O–H groups in total.